The van der Waals surface area contributed by atoms with Gasteiger partial charge in [-0.3, -0.25) is 4.79 Å². The largest absolute Gasteiger partial charge is 0.299 e. The van der Waals surface area contributed by atoms with Gasteiger partial charge in [-0.2, -0.15) is 0 Å². The summed E-state index contributed by atoms with van der Waals surface area (Å²) in [5.74, 6) is 1.21. The van der Waals surface area contributed by atoms with Gasteiger partial charge in [0.15, 0.2) is 0 Å². The molecule has 1 heteroatoms. The molecule has 27 heavy (non-hydrogen) atoms. The van der Waals surface area contributed by atoms with E-state index in [9.17, 15) is 4.79 Å². The van der Waals surface area contributed by atoms with Crippen LogP contribution >= 0.6 is 0 Å². The van der Waals surface area contributed by atoms with Crippen molar-refractivity contribution in [2.45, 2.75) is 116 Å². The number of hydrogen-bond acceptors (Lipinski definition) is 1. The molecular formula is C26H52O. The van der Waals surface area contributed by atoms with Crippen molar-refractivity contribution in [3.63, 3.8) is 0 Å². The van der Waals surface area contributed by atoms with Crippen LogP contribution in [0.4, 0.5) is 0 Å². The Kier molecular flexibility index (Phi) is 28.4. The maximum atomic E-state index is 10.5. The third-order valence-corrected chi connectivity index (χ3v) is 3.79. The zero-order valence-electron chi connectivity index (χ0n) is 21.1. The van der Waals surface area contributed by atoms with Crippen molar-refractivity contribution in [1.29, 1.82) is 0 Å². The van der Waals surface area contributed by atoms with Crippen LogP contribution in [0.2, 0.25) is 0 Å². The third-order valence-electron chi connectivity index (χ3n) is 3.79. The highest BCUT2D eigenvalue weighted by Crippen LogP contribution is 2.12. The first-order chi connectivity index (χ1) is 12.5. The number of ketones is 1. The average Bonchev–Trinajstić information content (AvgIpc) is 2.59. The van der Waals surface area contributed by atoms with Gasteiger partial charge in [-0.05, 0) is 26.7 Å². The summed E-state index contributed by atoms with van der Waals surface area (Å²) in [6.45, 7) is 26.4. The second kappa shape index (κ2) is 22.9. The lowest BCUT2D eigenvalue weighted by molar-refractivity contribution is -0.124. The molecule has 0 saturated carbocycles. The number of rotatable bonds is 4. The molecule has 0 N–H and O–H groups in total. The fourth-order valence-corrected chi connectivity index (χ4v) is 1.94. The fourth-order valence-electron chi connectivity index (χ4n) is 1.94. The SMILES string of the molecule is CC.CC.CC(=O)C(C)(C)C.CCCC(C)CCC.Cc1cccc(C)c1. The molecule has 162 valence electrons. The quantitative estimate of drug-likeness (QED) is 0.508. The number of carbonyl (C=O) groups is 1. The van der Waals surface area contributed by atoms with E-state index in [-0.39, 0.29) is 11.2 Å². The maximum absolute atomic E-state index is 10.5. The normalized spacial score (nSPS) is 9.26. The second-order valence-corrected chi connectivity index (χ2v) is 7.65. The Hall–Kier alpha value is -1.11. The summed E-state index contributed by atoms with van der Waals surface area (Å²) in [5.41, 5.74) is 2.54. The van der Waals surface area contributed by atoms with Crippen LogP contribution in [0.3, 0.4) is 0 Å². The number of benzene rings is 1. The molecule has 0 aliphatic rings. The van der Waals surface area contributed by atoms with E-state index in [0.29, 0.717) is 0 Å². The van der Waals surface area contributed by atoms with Gasteiger partial charge >= 0.3 is 0 Å². The van der Waals surface area contributed by atoms with Gasteiger partial charge in [-0.25, -0.2) is 0 Å². The zero-order chi connectivity index (χ0) is 22.5. The van der Waals surface area contributed by atoms with Crippen LogP contribution in [-0.2, 0) is 4.79 Å². The first-order valence-corrected chi connectivity index (χ1v) is 11.1. The molecule has 0 aromatic heterocycles. The average molecular weight is 381 g/mol. The molecule has 0 unspecified atom stereocenters. The van der Waals surface area contributed by atoms with E-state index in [0.717, 1.165) is 5.92 Å². The number of carbonyl (C=O) groups excluding carboxylic acids is 1. The molecule has 0 aliphatic carbocycles. The van der Waals surface area contributed by atoms with Crippen molar-refractivity contribution >= 4 is 5.78 Å². The lowest BCUT2D eigenvalue weighted by atomic mass is 9.92. The molecule has 0 bridgehead atoms. The maximum Gasteiger partial charge on any atom is 0.135 e. The van der Waals surface area contributed by atoms with Crippen molar-refractivity contribution in [1.82, 2.24) is 0 Å². The molecule has 0 fully saturated rings. The van der Waals surface area contributed by atoms with Gasteiger partial charge in [0, 0.05) is 5.41 Å². The summed E-state index contributed by atoms with van der Waals surface area (Å²) in [5, 5.41) is 0. The van der Waals surface area contributed by atoms with E-state index in [1.165, 1.54) is 36.8 Å². The van der Waals surface area contributed by atoms with Crippen molar-refractivity contribution < 1.29 is 4.79 Å². The Morgan fingerprint density at radius 3 is 1.33 bits per heavy atom. The standard InChI is InChI=1S/C8H10.C8H18.C6H12O.2C2H6/c1-7-4-3-5-8(2)6-7;1-4-6-8(3)7-5-2;1-5(7)6(2,3)4;2*1-2/h3-6H,1-2H3;8H,4-7H2,1-3H3;1-4H3;2*1-2H3. The Labute approximate surface area is 173 Å². The first-order valence-electron chi connectivity index (χ1n) is 11.1. The molecule has 0 saturated heterocycles. The molecule has 0 atom stereocenters. The van der Waals surface area contributed by atoms with Gasteiger partial charge in [0.05, 0.1) is 0 Å². The molecule has 0 radical (unpaired) electrons. The summed E-state index contributed by atoms with van der Waals surface area (Å²) in [6, 6.07) is 8.45. The van der Waals surface area contributed by atoms with E-state index >= 15 is 0 Å². The predicted molar refractivity (Wildman–Crippen MR) is 128 cm³/mol. The molecule has 0 heterocycles. The van der Waals surface area contributed by atoms with Crippen molar-refractivity contribution in [2.75, 3.05) is 0 Å². The molecule has 0 aliphatic heterocycles. The minimum atomic E-state index is -0.139. The van der Waals surface area contributed by atoms with Gasteiger partial charge in [0.25, 0.3) is 0 Å². The van der Waals surface area contributed by atoms with E-state index in [2.05, 4.69) is 58.9 Å². The van der Waals surface area contributed by atoms with Crippen LogP contribution in [-0.4, -0.2) is 5.78 Å². The van der Waals surface area contributed by atoms with Crippen LogP contribution in [0.5, 0.6) is 0 Å². The lowest BCUT2D eigenvalue weighted by Crippen LogP contribution is -2.15. The molecule has 0 spiro atoms. The summed E-state index contributed by atoms with van der Waals surface area (Å²) < 4.78 is 0. The second-order valence-electron chi connectivity index (χ2n) is 7.65. The fraction of sp³-hybridized carbons (Fsp3) is 0.731. The van der Waals surface area contributed by atoms with Gasteiger partial charge in [0.2, 0.25) is 0 Å². The highest BCUT2D eigenvalue weighted by atomic mass is 16.1. The summed E-state index contributed by atoms with van der Waals surface area (Å²) in [4.78, 5) is 10.5. The zero-order valence-corrected chi connectivity index (χ0v) is 21.1. The number of aryl methyl sites for hydroxylation is 2. The Morgan fingerprint density at radius 1 is 0.889 bits per heavy atom. The topological polar surface area (TPSA) is 17.1 Å². The highest BCUT2D eigenvalue weighted by molar-refractivity contribution is 5.80. The van der Waals surface area contributed by atoms with E-state index < -0.39 is 0 Å². The predicted octanol–water partition coefficient (Wildman–Crippen LogP) is 9.20. The molecule has 1 aromatic rings. The number of Topliss-reactive ketones (excluding diaryl/α,β-unsaturated/α-hetero) is 1. The molecular weight excluding hydrogens is 328 g/mol. The van der Waals surface area contributed by atoms with Gasteiger partial charge in [-0.1, -0.05) is 130 Å². The Bertz CT molecular complexity index is 389. The van der Waals surface area contributed by atoms with Crippen molar-refractivity contribution in [3.8, 4) is 0 Å². The highest BCUT2D eigenvalue weighted by Gasteiger charge is 2.14. The monoisotopic (exact) mass is 380 g/mol. The van der Waals surface area contributed by atoms with E-state index in [4.69, 9.17) is 0 Å². The van der Waals surface area contributed by atoms with Crippen molar-refractivity contribution in [2.24, 2.45) is 11.3 Å². The third kappa shape index (κ3) is 29.9. The van der Waals surface area contributed by atoms with Gasteiger partial charge in [0.1, 0.15) is 5.78 Å². The molecule has 1 nitrogen and oxygen atoms in total. The summed E-state index contributed by atoms with van der Waals surface area (Å²) in [7, 11) is 0. The van der Waals surface area contributed by atoms with Gasteiger partial charge < -0.3 is 0 Å². The summed E-state index contributed by atoms with van der Waals surface area (Å²) in [6.07, 6.45) is 5.52. The Morgan fingerprint density at radius 2 is 1.19 bits per heavy atom. The lowest BCUT2D eigenvalue weighted by Gasteiger charge is -2.11. The smallest absolute Gasteiger partial charge is 0.135 e. The molecule has 0 amide bonds. The Balaban J connectivity index is -0.000000134. The first kappa shape index (κ1) is 33.5. The van der Waals surface area contributed by atoms with Crippen LogP contribution in [0.15, 0.2) is 24.3 Å². The van der Waals surface area contributed by atoms with E-state index in [1.807, 2.05) is 48.5 Å². The van der Waals surface area contributed by atoms with Crippen LogP contribution in [0.25, 0.3) is 0 Å². The molecule has 1 rings (SSSR count). The number of hydrogen-bond donors (Lipinski definition) is 0. The van der Waals surface area contributed by atoms with Crippen LogP contribution in [0.1, 0.15) is 113 Å². The van der Waals surface area contributed by atoms with Crippen molar-refractivity contribution in [3.05, 3.63) is 35.4 Å². The minimum absolute atomic E-state index is 0.139. The van der Waals surface area contributed by atoms with Crippen LogP contribution in [0, 0.1) is 25.2 Å². The molecule has 1 aromatic carbocycles. The van der Waals surface area contributed by atoms with E-state index in [1.54, 1.807) is 6.92 Å². The minimum Gasteiger partial charge on any atom is -0.299 e. The summed E-state index contributed by atoms with van der Waals surface area (Å²) >= 11 is 0. The van der Waals surface area contributed by atoms with Gasteiger partial charge in [-0.15, -0.1) is 0 Å². The van der Waals surface area contributed by atoms with Crippen LogP contribution < -0.4 is 0 Å².